The van der Waals surface area contributed by atoms with E-state index in [0.29, 0.717) is 12.6 Å². The molecule has 5 heteroatoms. The van der Waals surface area contributed by atoms with Gasteiger partial charge >= 0.3 is 6.01 Å². The lowest BCUT2D eigenvalue weighted by atomic mass is 10.1. The van der Waals surface area contributed by atoms with Crippen LogP contribution in [0.3, 0.4) is 0 Å². The van der Waals surface area contributed by atoms with Crippen LogP contribution in [0.2, 0.25) is 25.7 Å². The topological polar surface area (TPSA) is 44.2 Å². The Labute approximate surface area is 184 Å². The maximum Gasteiger partial charge on any atom is 0.316 e. The van der Waals surface area contributed by atoms with Crippen molar-refractivity contribution < 1.29 is 9.47 Å². The van der Waals surface area contributed by atoms with Crippen molar-refractivity contribution in [1.82, 2.24) is 9.97 Å². The fraction of sp³-hybridized carbons (Fsp3) is 0.600. The molecule has 0 aliphatic carbocycles. The highest BCUT2D eigenvalue weighted by molar-refractivity contribution is 6.76. The Morgan fingerprint density at radius 1 is 0.700 bits per heavy atom. The quantitative estimate of drug-likeness (QED) is 0.219. The first-order chi connectivity index (χ1) is 14.5. The SMILES string of the molecule is CCCCCCCCOc1ncc(-c2ccc(OCCCC[Si](C)(C)C)cc2)cn1. The van der Waals surface area contributed by atoms with Gasteiger partial charge in [-0.2, -0.15) is 0 Å². The first kappa shape index (κ1) is 24.4. The molecule has 0 saturated heterocycles. The number of benzene rings is 1. The fourth-order valence-corrected chi connectivity index (χ4v) is 4.59. The van der Waals surface area contributed by atoms with Gasteiger partial charge in [0.05, 0.1) is 13.2 Å². The molecule has 0 unspecified atom stereocenters. The summed E-state index contributed by atoms with van der Waals surface area (Å²) < 4.78 is 11.5. The molecule has 2 rings (SSSR count). The van der Waals surface area contributed by atoms with Crippen LogP contribution in [0.25, 0.3) is 11.1 Å². The van der Waals surface area contributed by atoms with E-state index in [-0.39, 0.29) is 0 Å². The van der Waals surface area contributed by atoms with Crippen molar-refractivity contribution >= 4 is 8.07 Å². The molecule has 0 N–H and O–H groups in total. The summed E-state index contributed by atoms with van der Waals surface area (Å²) in [5, 5.41) is 0. The normalized spacial score (nSPS) is 11.5. The largest absolute Gasteiger partial charge is 0.494 e. The van der Waals surface area contributed by atoms with Crippen molar-refractivity contribution in [3.05, 3.63) is 36.7 Å². The van der Waals surface area contributed by atoms with Crippen LogP contribution < -0.4 is 9.47 Å². The van der Waals surface area contributed by atoms with Crippen LogP contribution in [0.1, 0.15) is 58.3 Å². The lowest BCUT2D eigenvalue weighted by molar-refractivity contribution is 0.281. The highest BCUT2D eigenvalue weighted by atomic mass is 28.3. The number of aromatic nitrogens is 2. The molecule has 0 saturated carbocycles. The Morgan fingerprint density at radius 3 is 1.97 bits per heavy atom. The van der Waals surface area contributed by atoms with Gasteiger partial charge in [-0.1, -0.05) is 83.3 Å². The Kier molecular flexibility index (Phi) is 10.9. The van der Waals surface area contributed by atoms with Gasteiger partial charge in [0.15, 0.2) is 0 Å². The third kappa shape index (κ3) is 10.2. The zero-order valence-corrected chi connectivity index (χ0v) is 20.5. The average molecular weight is 429 g/mol. The number of rotatable bonds is 15. The van der Waals surface area contributed by atoms with E-state index in [4.69, 9.17) is 9.47 Å². The molecule has 1 aromatic carbocycles. The van der Waals surface area contributed by atoms with Gasteiger partial charge in [0.2, 0.25) is 0 Å². The smallest absolute Gasteiger partial charge is 0.316 e. The second-order valence-electron chi connectivity index (χ2n) is 9.26. The molecule has 0 spiro atoms. The number of nitrogens with zero attached hydrogens (tertiary/aromatic N) is 2. The second kappa shape index (κ2) is 13.4. The van der Waals surface area contributed by atoms with Crippen molar-refractivity contribution in [2.45, 2.75) is 84.0 Å². The van der Waals surface area contributed by atoms with Crippen LogP contribution in [0.5, 0.6) is 11.8 Å². The summed E-state index contributed by atoms with van der Waals surface area (Å²) in [5.74, 6) is 0.923. The van der Waals surface area contributed by atoms with Crippen molar-refractivity contribution in [1.29, 1.82) is 0 Å². The van der Waals surface area contributed by atoms with Crippen molar-refractivity contribution in [2.24, 2.45) is 0 Å². The molecule has 0 aliphatic heterocycles. The monoisotopic (exact) mass is 428 g/mol. The maximum atomic E-state index is 5.88. The minimum Gasteiger partial charge on any atom is -0.494 e. The summed E-state index contributed by atoms with van der Waals surface area (Å²) in [6.45, 7) is 11.0. The van der Waals surface area contributed by atoms with Gasteiger partial charge in [-0.25, -0.2) is 9.97 Å². The minimum atomic E-state index is -0.928. The zero-order valence-electron chi connectivity index (χ0n) is 19.5. The summed E-state index contributed by atoms with van der Waals surface area (Å²) >= 11 is 0. The van der Waals surface area contributed by atoms with Crippen LogP contribution in [0, 0.1) is 0 Å². The van der Waals surface area contributed by atoms with Crippen molar-refractivity contribution in [2.75, 3.05) is 13.2 Å². The van der Waals surface area contributed by atoms with Gasteiger partial charge in [-0.05, 0) is 30.5 Å². The summed E-state index contributed by atoms with van der Waals surface area (Å²) in [7, 11) is -0.928. The first-order valence-corrected chi connectivity index (χ1v) is 15.4. The standard InChI is InChI=1S/C25H40N2O2Si/c1-5-6-7-8-9-10-18-29-25-26-20-23(21-27-25)22-13-15-24(16-14-22)28-17-11-12-19-30(2,3)4/h13-16,20-21H,5-12,17-19H2,1-4H3. The van der Waals surface area contributed by atoms with E-state index in [1.165, 1.54) is 44.6 Å². The molecule has 4 nitrogen and oxygen atoms in total. The number of ether oxygens (including phenoxy) is 2. The summed E-state index contributed by atoms with van der Waals surface area (Å²) in [4.78, 5) is 8.71. The van der Waals surface area contributed by atoms with Crippen LogP contribution >= 0.6 is 0 Å². The predicted octanol–water partition coefficient (Wildman–Crippen LogP) is 7.38. The highest BCUT2D eigenvalue weighted by Gasteiger charge is 2.11. The van der Waals surface area contributed by atoms with E-state index < -0.39 is 8.07 Å². The minimum absolute atomic E-state index is 0.463. The van der Waals surface area contributed by atoms with Gasteiger partial charge < -0.3 is 9.47 Å². The second-order valence-corrected chi connectivity index (χ2v) is 14.9. The Hall–Kier alpha value is -1.88. The molecule has 0 aliphatic rings. The Morgan fingerprint density at radius 2 is 1.30 bits per heavy atom. The molecule has 0 atom stereocenters. The van der Waals surface area contributed by atoms with Gasteiger partial charge in [0.1, 0.15) is 5.75 Å². The predicted molar refractivity (Wildman–Crippen MR) is 129 cm³/mol. The van der Waals surface area contributed by atoms with E-state index in [2.05, 4.69) is 48.7 Å². The molecular weight excluding hydrogens is 388 g/mol. The number of unbranched alkanes of at least 4 members (excludes halogenated alkanes) is 6. The highest BCUT2D eigenvalue weighted by Crippen LogP contribution is 2.22. The lowest BCUT2D eigenvalue weighted by Gasteiger charge is -2.15. The fourth-order valence-electron chi connectivity index (χ4n) is 3.28. The average Bonchev–Trinajstić information content (AvgIpc) is 2.73. The Balaban J connectivity index is 1.69. The van der Waals surface area contributed by atoms with Crippen LogP contribution in [0.15, 0.2) is 36.7 Å². The van der Waals surface area contributed by atoms with Crippen LogP contribution in [-0.4, -0.2) is 31.3 Å². The first-order valence-electron chi connectivity index (χ1n) is 11.7. The van der Waals surface area contributed by atoms with Crippen molar-refractivity contribution in [3.8, 4) is 22.9 Å². The molecule has 166 valence electrons. The van der Waals surface area contributed by atoms with E-state index in [1.54, 1.807) is 0 Å². The molecule has 1 aromatic heterocycles. The van der Waals surface area contributed by atoms with Gasteiger partial charge in [-0.3, -0.25) is 0 Å². The molecule has 2 aromatic rings. The summed E-state index contributed by atoms with van der Waals surface area (Å²) in [5.41, 5.74) is 2.08. The summed E-state index contributed by atoms with van der Waals surface area (Å²) in [6, 6.07) is 10.0. The lowest BCUT2D eigenvalue weighted by Crippen LogP contribution is -2.18. The van der Waals surface area contributed by atoms with E-state index >= 15 is 0 Å². The van der Waals surface area contributed by atoms with Gasteiger partial charge in [0.25, 0.3) is 0 Å². The maximum absolute atomic E-state index is 5.88. The molecule has 30 heavy (non-hydrogen) atoms. The van der Waals surface area contributed by atoms with Crippen LogP contribution in [-0.2, 0) is 0 Å². The van der Waals surface area contributed by atoms with Crippen molar-refractivity contribution in [3.63, 3.8) is 0 Å². The van der Waals surface area contributed by atoms with E-state index in [1.807, 2.05) is 24.5 Å². The zero-order chi connectivity index (χ0) is 21.7. The number of hydrogen-bond acceptors (Lipinski definition) is 4. The third-order valence-electron chi connectivity index (χ3n) is 5.13. The Bertz CT molecular complexity index is 697. The molecule has 0 fully saturated rings. The molecule has 0 bridgehead atoms. The molecule has 0 amide bonds. The molecule has 0 radical (unpaired) electrons. The van der Waals surface area contributed by atoms with E-state index in [9.17, 15) is 0 Å². The van der Waals surface area contributed by atoms with Crippen LogP contribution in [0.4, 0.5) is 0 Å². The molecule has 1 heterocycles. The van der Waals surface area contributed by atoms with Gasteiger partial charge in [-0.15, -0.1) is 0 Å². The van der Waals surface area contributed by atoms with E-state index in [0.717, 1.165) is 36.3 Å². The van der Waals surface area contributed by atoms with Gasteiger partial charge in [0, 0.05) is 26.0 Å². The molecular formula is C25H40N2O2Si. The number of hydrogen-bond donors (Lipinski definition) is 0. The summed E-state index contributed by atoms with van der Waals surface area (Å²) in [6.07, 6.45) is 13.5. The third-order valence-corrected chi connectivity index (χ3v) is 6.99.